The Bertz CT molecular complexity index is 188. The minimum absolute atomic E-state index is 0.142. The van der Waals surface area contributed by atoms with Gasteiger partial charge in [0.15, 0.2) is 0 Å². The Hall–Kier alpha value is -0.570. The molecule has 1 aliphatic carbocycles. The normalized spacial score (nSPS) is 19.1. The van der Waals surface area contributed by atoms with Crippen molar-refractivity contribution in [3.05, 3.63) is 0 Å². The van der Waals surface area contributed by atoms with Crippen molar-refractivity contribution in [1.82, 2.24) is 10.6 Å². The predicted octanol–water partition coefficient (Wildman–Crippen LogP) is 1.68. The van der Waals surface area contributed by atoms with Gasteiger partial charge in [0.05, 0.1) is 6.54 Å². The predicted molar refractivity (Wildman–Crippen MR) is 62.7 cm³/mol. The molecule has 0 spiro atoms. The van der Waals surface area contributed by atoms with E-state index in [-0.39, 0.29) is 5.91 Å². The third-order valence-electron chi connectivity index (χ3n) is 3.21. The zero-order valence-corrected chi connectivity index (χ0v) is 10.0. The van der Waals surface area contributed by atoms with Gasteiger partial charge in [-0.1, -0.05) is 19.8 Å². The molecule has 1 fully saturated rings. The van der Waals surface area contributed by atoms with Crippen molar-refractivity contribution >= 4 is 5.91 Å². The molecular weight excluding hydrogens is 188 g/mol. The Morgan fingerprint density at radius 3 is 2.67 bits per heavy atom. The van der Waals surface area contributed by atoms with Crippen LogP contribution in [0.5, 0.6) is 0 Å². The number of hydrogen-bond donors (Lipinski definition) is 2. The van der Waals surface area contributed by atoms with Crippen LogP contribution in [0.3, 0.4) is 0 Å². The van der Waals surface area contributed by atoms with Crippen LogP contribution in [0.25, 0.3) is 0 Å². The molecule has 3 nitrogen and oxygen atoms in total. The van der Waals surface area contributed by atoms with Crippen LogP contribution in [0.1, 0.15) is 46.0 Å². The van der Waals surface area contributed by atoms with E-state index in [0.717, 1.165) is 13.0 Å². The average Bonchev–Trinajstić information content (AvgIpc) is 2.70. The molecule has 0 aromatic carbocycles. The summed E-state index contributed by atoms with van der Waals surface area (Å²) in [5.74, 6) is 0.850. The van der Waals surface area contributed by atoms with Gasteiger partial charge in [0.2, 0.25) is 5.91 Å². The second-order valence-corrected chi connectivity index (χ2v) is 4.58. The van der Waals surface area contributed by atoms with Crippen LogP contribution in [0, 0.1) is 5.92 Å². The van der Waals surface area contributed by atoms with Crippen molar-refractivity contribution in [2.75, 3.05) is 13.1 Å². The van der Waals surface area contributed by atoms with Gasteiger partial charge in [-0.05, 0) is 38.6 Å². The van der Waals surface area contributed by atoms with E-state index in [9.17, 15) is 4.79 Å². The first kappa shape index (κ1) is 12.5. The van der Waals surface area contributed by atoms with Gasteiger partial charge in [-0.15, -0.1) is 0 Å². The summed E-state index contributed by atoms with van der Waals surface area (Å²) < 4.78 is 0. The smallest absolute Gasteiger partial charge is 0.234 e. The Kier molecular flexibility index (Phi) is 5.69. The molecule has 0 saturated heterocycles. The first-order chi connectivity index (χ1) is 7.24. The summed E-state index contributed by atoms with van der Waals surface area (Å²) in [7, 11) is 0. The monoisotopic (exact) mass is 212 g/mol. The molecule has 15 heavy (non-hydrogen) atoms. The van der Waals surface area contributed by atoms with E-state index in [1.165, 1.54) is 25.7 Å². The first-order valence-electron chi connectivity index (χ1n) is 6.24. The fraction of sp³-hybridized carbons (Fsp3) is 0.917. The molecule has 0 aliphatic heterocycles. The molecule has 0 aromatic rings. The molecule has 0 radical (unpaired) electrons. The highest BCUT2D eigenvalue weighted by Gasteiger charge is 2.22. The van der Waals surface area contributed by atoms with Gasteiger partial charge in [0.25, 0.3) is 0 Å². The number of carbonyl (C=O) groups excluding carboxylic acids is 1. The van der Waals surface area contributed by atoms with Crippen molar-refractivity contribution in [1.29, 1.82) is 0 Å². The molecule has 1 rings (SSSR count). The summed E-state index contributed by atoms with van der Waals surface area (Å²) in [5, 5.41) is 6.20. The van der Waals surface area contributed by atoms with Gasteiger partial charge < -0.3 is 10.6 Å². The molecule has 0 aromatic heterocycles. The van der Waals surface area contributed by atoms with Crippen LogP contribution in [-0.4, -0.2) is 25.0 Å². The minimum Gasteiger partial charge on any atom is -0.352 e. The van der Waals surface area contributed by atoms with E-state index in [2.05, 4.69) is 24.5 Å². The Labute approximate surface area is 93.0 Å². The molecule has 1 saturated carbocycles. The number of amides is 1. The maximum Gasteiger partial charge on any atom is 0.234 e. The van der Waals surface area contributed by atoms with Crippen molar-refractivity contribution in [3.63, 3.8) is 0 Å². The molecule has 88 valence electrons. The van der Waals surface area contributed by atoms with E-state index < -0.39 is 0 Å². The summed E-state index contributed by atoms with van der Waals surface area (Å²) in [5.41, 5.74) is 0. The summed E-state index contributed by atoms with van der Waals surface area (Å²) in [6.45, 7) is 5.62. The summed E-state index contributed by atoms with van der Waals surface area (Å²) >= 11 is 0. The number of nitrogens with one attached hydrogen (secondary N) is 2. The van der Waals surface area contributed by atoms with Crippen molar-refractivity contribution in [3.8, 4) is 0 Å². The molecule has 1 aliphatic rings. The van der Waals surface area contributed by atoms with Gasteiger partial charge in [0.1, 0.15) is 0 Å². The summed E-state index contributed by atoms with van der Waals surface area (Å²) in [6.07, 6.45) is 6.30. The van der Waals surface area contributed by atoms with Gasteiger partial charge in [0, 0.05) is 6.04 Å². The van der Waals surface area contributed by atoms with E-state index in [1.54, 1.807) is 0 Å². The van der Waals surface area contributed by atoms with Gasteiger partial charge in [-0.3, -0.25) is 4.79 Å². The fourth-order valence-electron chi connectivity index (χ4n) is 2.26. The van der Waals surface area contributed by atoms with Crippen molar-refractivity contribution in [2.24, 2.45) is 5.92 Å². The first-order valence-corrected chi connectivity index (χ1v) is 6.24. The molecule has 0 bridgehead atoms. The molecule has 2 N–H and O–H groups in total. The third kappa shape index (κ3) is 4.65. The zero-order valence-electron chi connectivity index (χ0n) is 10.0. The quantitative estimate of drug-likeness (QED) is 0.658. The Balaban J connectivity index is 2.13. The summed E-state index contributed by atoms with van der Waals surface area (Å²) in [6, 6.07) is 0.350. The maximum absolute atomic E-state index is 11.5. The lowest BCUT2D eigenvalue weighted by molar-refractivity contribution is -0.121. The minimum atomic E-state index is 0.142. The Morgan fingerprint density at radius 1 is 1.40 bits per heavy atom. The standard InChI is InChI=1S/C12H24N2O/c1-3-8-13-9-12(15)14-10(2)11-6-4-5-7-11/h10-11,13H,3-9H2,1-2H3,(H,14,15)/t10-/m0/s1. The van der Waals surface area contributed by atoms with Crippen LogP contribution in [0.2, 0.25) is 0 Å². The molecule has 1 atom stereocenters. The molecular formula is C12H24N2O. The van der Waals surface area contributed by atoms with E-state index in [1.807, 2.05) is 0 Å². The van der Waals surface area contributed by atoms with E-state index in [0.29, 0.717) is 18.5 Å². The molecule has 0 unspecified atom stereocenters. The fourth-order valence-corrected chi connectivity index (χ4v) is 2.26. The van der Waals surface area contributed by atoms with Gasteiger partial charge in [-0.2, -0.15) is 0 Å². The highest BCUT2D eigenvalue weighted by molar-refractivity contribution is 5.78. The summed E-state index contributed by atoms with van der Waals surface area (Å²) in [4.78, 5) is 11.5. The van der Waals surface area contributed by atoms with Gasteiger partial charge >= 0.3 is 0 Å². The second-order valence-electron chi connectivity index (χ2n) is 4.58. The van der Waals surface area contributed by atoms with E-state index in [4.69, 9.17) is 0 Å². The highest BCUT2D eigenvalue weighted by Crippen LogP contribution is 2.27. The van der Waals surface area contributed by atoms with Crippen molar-refractivity contribution in [2.45, 2.75) is 52.0 Å². The average molecular weight is 212 g/mol. The van der Waals surface area contributed by atoms with Gasteiger partial charge in [-0.25, -0.2) is 0 Å². The van der Waals surface area contributed by atoms with E-state index >= 15 is 0 Å². The highest BCUT2D eigenvalue weighted by atomic mass is 16.1. The molecule has 3 heteroatoms. The Morgan fingerprint density at radius 2 is 2.07 bits per heavy atom. The number of carbonyl (C=O) groups is 1. The molecule has 1 amide bonds. The van der Waals surface area contributed by atoms with Crippen molar-refractivity contribution < 1.29 is 4.79 Å². The van der Waals surface area contributed by atoms with Crippen LogP contribution in [-0.2, 0) is 4.79 Å². The lowest BCUT2D eigenvalue weighted by Crippen LogP contribution is -2.42. The van der Waals surface area contributed by atoms with Crippen LogP contribution in [0.4, 0.5) is 0 Å². The lowest BCUT2D eigenvalue weighted by atomic mass is 10.00. The zero-order chi connectivity index (χ0) is 11.1. The van der Waals surface area contributed by atoms with Crippen LogP contribution in [0.15, 0.2) is 0 Å². The van der Waals surface area contributed by atoms with Crippen LogP contribution >= 0.6 is 0 Å². The third-order valence-corrected chi connectivity index (χ3v) is 3.21. The second kappa shape index (κ2) is 6.83. The lowest BCUT2D eigenvalue weighted by Gasteiger charge is -2.20. The topological polar surface area (TPSA) is 41.1 Å². The SMILES string of the molecule is CCCNCC(=O)N[C@@H](C)C1CCCC1. The van der Waals surface area contributed by atoms with Crippen LogP contribution < -0.4 is 10.6 Å². The number of rotatable bonds is 6. The largest absolute Gasteiger partial charge is 0.352 e. The maximum atomic E-state index is 11.5. The molecule has 0 heterocycles. The number of hydrogen-bond acceptors (Lipinski definition) is 2.